The van der Waals surface area contributed by atoms with Crippen LogP contribution in [0.25, 0.3) is 0 Å². The van der Waals surface area contributed by atoms with Gasteiger partial charge in [0.05, 0.1) is 5.02 Å². The van der Waals surface area contributed by atoms with E-state index >= 15 is 0 Å². The molecule has 2 rings (SSSR count). The summed E-state index contributed by atoms with van der Waals surface area (Å²) in [5.41, 5.74) is 1.87. The maximum atomic E-state index is 9.91. The second-order valence-corrected chi connectivity index (χ2v) is 4.08. The summed E-state index contributed by atoms with van der Waals surface area (Å²) < 4.78 is 5.57. The monoisotopic (exact) mass is 212 g/mol. The summed E-state index contributed by atoms with van der Waals surface area (Å²) in [5, 5.41) is 10.5. The molecule has 1 aliphatic heterocycles. The van der Waals surface area contributed by atoms with Gasteiger partial charge in [-0.15, -0.1) is 0 Å². The fraction of sp³-hybridized carbons (Fsp3) is 0.455. The van der Waals surface area contributed by atoms with Gasteiger partial charge in [0.2, 0.25) is 0 Å². The van der Waals surface area contributed by atoms with Crippen LogP contribution in [0.1, 0.15) is 30.6 Å². The van der Waals surface area contributed by atoms with Crippen LogP contribution in [0.4, 0.5) is 0 Å². The number of benzene rings is 1. The van der Waals surface area contributed by atoms with E-state index in [1.54, 1.807) is 0 Å². The van der Waals surface area contributed by atoms with Crippen molar-refractivity contribution in [3.63, 3.8) is 0 Å². The molecule has 0 bridgehead atoms. The molecule has 1 aromatic rings. The van der Waals surface area contributed by atoms with Gasteiger partial charge in [0.1, 0.15) is 18.0 Å². The van der Waals surface area contributed by atoms with Crippen molar-refractivity contribution in [2.24, 2.45) is 0 Å². The lowest BCUT2D eigenvalue weighted by Gasteiger charge is -2.10. The molecule has 2 atom stereocenters. The number of aryl methyl sites for hydroxylation is 1. The molecule has 1 aliphatic rings. The van der Waals surface area contributed by atoms with Gasteiger partial charge in [0.25, 0.3) is 0 Å². The van der Waals surface area contributed by atoms with Crippen LogP contribution in [-0.2, 0) is 0 Å². The smallest absolute Gasteiger partial charge is 0.144 e. The molecule has 0 fully saturated rings. The SMILES string of the molecule is CCC1Oc2c(Cl)cc(C)cc2C1O. The molecule has 0 spiro atoms. The zero-order valence-electron chi connectivity index (χ0n) is 8.25. The summed E-state index contributed by atoms with van der Waals surface area (Å²) in [4.78, 5) is 0. The Morgan fingerprint density at radius 3 is 2.86 bits per heavy atom. The van der Waals surface area contributed by atoms with Gasteiger partial charge in [-0.2, -0.15) is 0 Å². The highest BCUT2D eigenvalue weighted by atomic mass is 35.5. The Kier molecular flexibility index (Phi) is 2.41. The standard InChI is InChI=1S/C11H13ClO2/c1-3-9-10(13)7-4-6(2)5-8(12)11(7)14-9/h4-5,9-10,13H,3H2,1-2H3. The highest BCUT2D eigenvalue weighted by Crippen LogP contribution is 2.43. The van der Waals surface area contributed by atoms with E-state index in [1.807, 2.05) is 26.0 Å². The minimum absolute atomic E-state index is 0.149. The lowest BCUT2D eigenvalue weighted by atomic mass is 10.0. The van der Waals surface area contributed by atoms with Crippen LogP contribution in [0.15, 0.2) is 12.1 Å². The first-order valence-electron chi connectivity index (χ1n) is 4.78. The van der Waals surface area contributed by atoms with Gasteiger partial charge in [-0.05, 0) is 31.0 Å². The normalized spacial score (nSPS) is 24.6. The van der Waals surface area contributed by atoms with Crippen molar-refractivity contribution in [2.75, 3.05) is 0 Å². The summed E-state index contributed by atoms with van der Waals surface area (Å²) in [6.07, 6.45) is 0.0993. The highest BCUT2D eigenvalue weighted by molar-refractivity contribution is 6.32. The van der Waals surface area contributed by atoms with Gasteiger partial charge in [-0.1, -0.05) is 18.5 Å². The molecule has 1 aromatic carbocycles. The Balaban J connectivity index is 2.48. The fourth-order valence-corrected chi connectivity index (χ4v) is 2.15. The Morgan fingerprint density at radius 1 is 1.50 bits per heavy atom. The van der Waals surface area contributed by atoms with Crippen molar-refractivity contribution >= 4 is 11.6 Å². The zero-order chi connectivity index (χ0) is 10.3. The molecule has 0 saturated carbocycles. The van der Waals surface area contributed by atoms with E-state index in [-0.39, 0.29) is 6.10 Å². The third kappa shape index (κ3) is 1.39. The first-order chi connectivity index (χ1) is 6.63. The average molecular weight is 213 g/mol. The minimum atomic E-state index is -0.535. The molecule has 0 radical (unpaired) electrons. The molecule has 2 nitrogen and oxygen atoms in total. The molecule has 1 N–H and O–H groups in total. The van der Waals surface area contributed by atoms with E-state index < -0.39 is 6.10 Å². The topological polar surface area (TPSA) is 29.5 Å². The number of aliphatic hydroxyl groups is 1. The van der Waals surface area contributed by atoms with E-state index in [2.05, 4.69) is 0 Å². The van der Waals surface area contributed by atoms with Crippen molar-refractivity contribution < 1.29 is 9.84 Å². The van der Waals surface area contributed by atoms with E-state index in [1.165, 1.54) is 0 Å². The van der Waals surface area contributed by atoms with E-state index in [9.17, 15) is 5.11 Å². The Bertz CT molecular complexity index is 363. The van der Waals surface area contributed by atoms with Crippen LogP contribution >= 0.6 is 11.6 Å². The number of fused-ring (bicyclic) bond motifs is 1. The van der Waals surface area contributed by atoms with Crippen LogP contribution in [0.2, 0.25) is 5.02 Å². The third-order valence-electron chi connectivity index (χ3n) is 2.56. The lowest BCUT2D eigenvalue weighted by molar-refractivity contribution is 0.0653. The number of halogens is 1. The molecule has 1 heterocycles. The summed E-state index contributed by atoms with van der Waals surface area (Å²) in [6.45, 7) is 3.94. The van der Waals surface area contributed by atoms with Crippen LogP contribution < -0.4 is 4.74 Å². The quantitative estimate of drug-likeness (QED) is 0.776. The second-order valence-electron chi connectivity index (χ2n) is 3.67. The summed E-state index contributed by atoms with van der Waals surface area (Å²) in [6, 6.07) is 3.78. The molecule has 3 heteroatoms. The predicted molar refractivity (Wildman–Crippen MR) is 55.9 cm³/mol. The minimum Gasteiger partial charge on any atom is -0.485 e. The van der Waals surface area contributed by atoms with Gasteiger partial charge >= 0.3 is 0 Å². The maximum absolute atomic E-state index is 9.91. The summed E-state index contributed by atoms with van der Waals surface area (Å²) >= 11 is 6.03. The summed E-state index contributed by atoms with van der Waals surface area (Å²) in [5.74, 6) is 0.650. The molecule has 0 amide bonds. The number of ether oxygens (including phenoxy) is 1. The maximum Gasteiger partial charge on any atom is 0.144 e. The van der Waals surface area contributed by atoms with Crippen LogP contribution in [-0.4, -0.2) is 11.2 Å². The Hall–Kier alpha value is -0.730. The molecular weight excluding hydrogens is 200 g/mol. The zero-order valence-corrected chi connectivity index (χ0v) is 9.01. The van der Waals surface area contributed by atoms with Crippen LogP contribution in [0.3, 0.4) is 0 Å². The van der Waals surface area contributed by atoms with Crippen LogP contribution in [0.5, 0.6) is 5.75 Å². The predicted octanol–water partition coefficient (Wildman–Crippen LogP) is 2.85. The number of hydrogen-bond donors (Lipinski definition) is 1. The van der Waals surface area contributed by atoms with Gasteiger partial charge in [-0.3, -0.25) is 0 Å². The van der Waals surface area contributed by atoms with Crippen molar-refractivity contribution in [3.8, 4) is 5.75 Å². The third-order valence-corrected chi connectivity index (χ3v) is 2.84. The van der Waals surface area contributed by atoms with Crippen molar-refractivity contribution in [1.29, 1.82) is 0 Å². The van der Waals surface area contributed by atoms with Crippen molar-refractivity contribution in [1.82, 2.24) is 0 Å². The van der Waals surface area contributed by atoms with Gasteiger partial charge < -0.3 is 9.84 Å². The highest BCUT2D eigenvalue weighted by Gasteiger charge is 2.33. The largest absolute Gasteiger partial charge is 0.485 e. The fourth-order valence-electron chi connectivity index (χ4n) is 1.82. The molecule has 0 aromatic heterocycles. The Morgan fingerprint density at radius 2 is 2.21 bits per heavy atom. The molecule has 2 unspecified atom stereocenters. The first-order valence-corrected chi connectivity index (χ1v) is 5.16. The number of rotatable bonds is 1. The van der Waals surface area contributed by atoms with E-state index in [0.717, 1.165) is 17.5 Å². The first kappa shape index (κ1) is 9.81. The number of hydrogen-bond acceptors (Lipinski definition) is 2. The van der Waals surface area contributed by atoms with Gasteiger partial charge in [0, 0.05) is 5.56 Å². The molecule has 14 heavy (non-hydrogen) atoms. The molecule has 76 valence electrons. The number of aliphatic hydroxyl groups excluding tert-OH is 1. The lowest BCUT2D eigenvalue weighted by Crippen LogP contribution is -2.16. The van der Waals surface area contributed by atoms with Gasteiger partial charge in [0.15, 0.2) is 0 Å². The molecular formula is C11H13ClO2. The summed E-state index contributed by atoms with van der Waals surface area (Å²) in [7, 11) is 0. The molecule has 0 aliphatic carbocycles. The van der Waals surface area contributed by atoms with E-state index in [4.69, 9.17) is 16.3 Å². The average Bonchev–Trinajstić information content (AvgIpc) is 2.44. The Labute approximate surface area is 88.5 Å². The van der Waals surface area contributed by atoms with Crippen molar-refractivity contribution in [3.05, 3.63) is 28.3 Å². The second kappa shape index (κ2) is 3.44. The molecule has 0 saturated heterocycles. The van der Waals surface area contributed by atoms with Crippen molar-refractivity contribution in [2.45, 2.75) is 32.5 Å². The van der Waals surface area contributed by atoms with E-state index in [0.29, 0.717) is 10.8 Å². The van der Waals surface area contributed by atoms with Crippen LogP contribution in [0, 0.1) is 6.92 Å². The van der Waals surface area contributed by atoms with Gasteiger partial charge in [-0.25, -0.2) is 0 Å².